The first kappa shape index (κ1) is 16.3. The SMILES string of the molecule is O=C(CSc1ccc2c(c1)CCC2)NC(CO)(CO)CO. The van der Waals surface area contributed by atoms with Crippen molar-refractivity contribution in [2.45, 2.75) is 29.7 Å². The Morgan fingerprint density at radius 1 is 1.14 bits per heavy atom. The van der Waals surface area contributed by atoms with Crippen molar-refractivity contribution in [3.8, 4) is 0 Å². The lowest BCUT2D eigenvalue weighted by atomic mass is 10.0. The maximum Gasteiger partial charge on any atom is 0.231 e. The predicted molar refractivity (Wildman–Crippen MR) is 81.3 cm³/mol. The Labute approximate surface area is 128 Å². The fraction of sp³-hybridized carbons (Fsp3) is 0.533. The van der Waals surface area contributed by atoms with Crippen molar-refractivity contribution in [3.63, 3.8) is 0 Å². The molecule has 0 aliphatic heterocycles. The smallest absolute Gasteiger partial charge is 0.231 e. The lowest BCUT2D eigenvalue weighted by Gasteiger charge is -2.28. The van der Waals surface area contributed by atoms with E-state index in [-0.39, 0.29) is 11.7 Å². The molecule has 4 N–H and O–H groups in total. The van der Waals surface area contributed by atoms with Gasteiger partial charge in [-0.25, -0.2) is 0 Å². The highest BCUT2D eigenvalue weighted by molar-refractivity contribution is 8.00. The van der Waals surface area contributed by atoms with Gasteiger partial charge < -0.3 is 20.6 Å². The first-order valence-electron chi connectivity index (χ1n) is 7.00. The summed E-state index contributed by atoms with van der Waals surface area (Å²) in [6.07, 6.45) is 3.42. The van der Waals surface area contributed by atoms with Gasteiger partial charge in [-0.3, -0.25) is 4.79 Å². The molecule has 0 spiro atoms. The van der Waals surface area contributed by atoms with Crippen molar-refractivity contribution in [2.75, 3.05) is 25.6 Å². The molecule has 0 fully saturated rings. The van der Waals surface area contributed by atoms with E-state index in [1.807, 2.05) is 6.07 Å². The van der Waals surface area contributed by atoms with Crippen molar-refractivity contribution < 1.29 is 20.1 Å². The minimum Gasteiger partial charge on any atom is -0.394 e. The van der Waals surface area contributed by atoms with Crippen molar-refractivity contribution in [1.29, 1.82) is 0 Å². The molecule has 1 amide bonds. The summed E-state index contributed by atoms with van der Waals surface area (Å²) >= 11 is 1.41. The molecule has 6 heteroatoms. The summed E-state index contributed by atoms with van der Waals surface area (Å²) in [6.45, 7) is -1.51. The summed E-state index contributed by atoms with van der Waals surface area (Å²) < 4.78 is 0. The zero-order valence-corrected chi connectivity index (χ0v) is 12.7. The molecule has 0 saturated carbocycles. The highest BCUT2D eigenvalue weighted by atomic mass is 32.2. The molecule has 2 rings (SSSR count). The van der Waals surface area contributed by atoms with Crippen LogP contribution in [0.1, 0.15) is 17.5 Å². The third-order valence-electron chi connectivity index (χ3n) is 3.75. The quantitative estimate of drug-likeness (QED) is 0.536. The lowest BCUT2D eigenvalue weighted by molar-refractivity contribution is -0.122. The number of aliphatic hydroxyl groups excluding tert-OH is 3. The Morgan fingerprint density at radius 2 is 1.81 bits per heavy atom. The van der Waals surface area contributed by atoms with Crippen LogP contribution in [0.2, 0.25) is 0 Å². The second-order valence-electron chi connectivity index (χ2n) is 5.38. The fourth-order valence-corrected chi connectivity index (χ4v) is 3.15. The van der Waals surface area contributed by atoms with E-state index in [0.29, 0.717) is 0 Å². The van der Waals surface area contributed by atoms with Crippen LogP contribution in [0.25, 0.3) is 0 Å². The van der Waals surface area contributed by atoms with E-state index >= 15 is 0 Å². The number of carbonyl (C=O) groups is 1. The maximum atomic E-state index is 11.9. The van der Waals surface area contributed by atoms with Gasteiger partial charge in [0, 0.05) is 4.90 Å². The van der Waals surface area contributed by atoms with Crippen molar-refractivity contribution in [1.82, 2.24) is 5.32 Å². The third kappa shape index (κ3) is 3.97. The summed E-state index contributed by atoms with van der Waals surface area (Å²) in [5.74, 6) is -0.141. The van der Waals surface area contributed by atoms with Crippen LogP contribution in [0.3, 0.4) is 0 Å². The van der Waals surface area contributed by atoms with Crippen LogP contribution >= 0.6 is 11.8 Å². The van der Waals surface area contributed by atoms with Crippen LogP contribution in [0, 0.1) is 0 Å². The van der Waals surface area contributed by atoms with Crippen LogP contribution in [0.5, 0.6) is 0 Å². The number of nitrogens with one attached hydrogen (secondary N) is 1. The van der Waals surface area contributed by atoms with E-state index in [9.17, 15) is 20.1 Å². The van der Waals surface area contributed by atoms with E-state index < -0.39 is 25.4 Å². The number of benzene rings is 1. The number of carbonyl (C=O) groups excluding carboxylic acids is 1. The largest absolute Gasteiger partial charge is 0.394 e. The Bertz CT molecular complexity index is 494. The monoisotopic (exact) mass is 311 g/mol. The molecule has 0 bridgehead atoms. The Hall–Kier alpha value is -1.08. The summed E-state index contributed by atoms with van der Waals surface area (Å²) in [5.41, 5.74) is 1.40. The minimum absolute atomic E-state index is 0.181. The van der Waals surface area contributed by atoms with E-state index in [0.717, 1.165) is 17.7 Å². The van der Waals surface area contributed by atoms with Crippen LogP contribution in [-0.2, 0) is 17.6 Å². The van der Waals surface area contributed by atoms with E-state index in [2.05, 4.69) is 17.4 Å². The van der Waals surface area contributed by atoms with Crippen LogP contribution in [-0.4, -0.2) is 52.3 Å². The molecule has 5 nitrogen and oxygen atoms in total. The van der Waals surface area contributed by atoms with Gasteiger partial charge >= 0.3 is 0 Å². The highest BCUT2D eigenvalue weighted by Gasteiger charge is 2.29. The standard InChI is InChI=1S/C15H21NO4S/c17-8-15(9-18,10-19)16-14(20)7-21-13-5-4-11-2-1-3-12(11)6-13/h4-6,17-19H,1-3,7-10H2,(H,16,20). The molecule has 0 heterocycles. The van der Waals surface area contributed by atoms with E-state index in [4.69, 9.17) is 0 Å². The Balaban J connectivity index is 1.89. The number of rotatable bonds is 7. The molecule has 0 aromatic heterocycles. The highest BCUT2D eigenvalue weighted by Crippen LogP contribution is 2.27. The molecule has 0 unspecified atom stereocenters. The average molecular weight is 311 g/mol. The maximum absolute atomic E-state index is 11.9. The second kappa shape index (κ2) is 7.26. The summed E-state index contributed by atoms with van der Waals surface area (Å²) in [6, 6.07) is 6.25. The zero-order chi connectivity index (χ0) is 15.3. The molecule has 0 atom stereocenters. The van der Waals surface area contributed by atoms with Crippen LogP contribution in [0.4, 0.5) is 0 Å². The molecule has 1 aromatic carbocycles. The van der Waals surface area contributed by atoms with E-state index in [1.54, 1.807) is 0 Å². The van der Waals surface area contributed by atoms with Gasteiger partial charge in [0.1, 0.15) is 5.54 Å². The fourth-order valence-electron chi connectivity index (χ4n) is 2.39. The molecule has 1 aliphatic rings. The first-order valence-corrected chi connectivity index (χ1v) is 7.99. The van der Waals surface area contributed by atoms with Crippen LogP contribution in [0.15, 0.2) is 23.1 Å². The molecule has 0 saturated heterocycles. The number of aliphatic hydroxyl groups is 3. The first-order chi connectivity index (χ1) is 10.1. The van der Waals surface area contributed by atoms with Gasteiger partial charge in [0.05, 0.1) is 25.6 Å². The van der Waals surface area contributed by atoms with Gasteiger partial charge in [-0.05, 0) is 42.5 Å². The van der Waals surface area contributed by atoms with Gasteiger partial charge in [0.15, 0.2) is 0 Å². The average Bonchev–Trinajstić information content (AvgIpc) is 2.98. The van der Waals surface area contributed by atoms with E-state index in [1.165, 1.54) is 29.3 Å². The summed E-state index contributed by atoms with van der Waals surface area (Å²) in [4.78, 5) is 12.9. The molecular weight excluding hydrogens is 290 g/mol. The van der Waals surface area contributed by atoms with Gasteiger partial charge in [0.25, 0.3) is 0 Å². The number of thioether (sulfide) groups is 1. The molecule has 21 heavy (non-hydrogen) atoms. The number of fused-ring (bicyclic) bond motifs is 1. The van der Waals surface area contributed by atoms with Crippen molar-refractivity contribution in [3.05, 3.63) is 29.3 Å². The summed E-state index contributed by atoms with van der Waals surface area (Å²) in [7, 11) is 0. The molecule has 0 radical (unpaired) electrons. The van der Waals surface area contributed by atoms with Gasteiger partial charge in [-0.15, -0.1) is 11.8 Å². The number of hydrogen-bond acceptors (Lipinski definition) is 5. The summed E-state index contributed by atoms with van der Waals surface area (Å²) in [5, 5.41) is 30.0. The molecule has 1 aromatic rings. The molecule has 116 valence electrons. The Morgan fingerprint density at radius 3 is 2.48 bits per heavy atom. The number of amides is 1. The molecule has 1 aliphatic carbocycles. The normalized spacial score (nSPS) is 14.0. The van der Waals surface area contributed by atoms with Gasteiger partial charge in [0.2, 0.25) is 5.91 Å². The van der Waals surface area contributed by atoms with Crippen LogP contribution < -0.4 is 5.32 Å². The van der Waals surface area contributed by atoms with Crippen molar-refractivity contribution in [2.24, 2.45) is 0 Å². The second-order valence-corrected chi connectivity index (χ2v) is 6.42. The molecular formula is C15H21NO4S. The predicted octanol–water partition coefficient (Wildman–Crippen LogP) is 0.0993. The Kier molecular flexibility index (Phi) is 5.64. The third-order valence-corrected chi connectivity index (χ3v) is 4.75. The zero-order valence-electron chi connectivity index (χ0n) is 11.8. The van der Waals surface area contributed by atoms with Gasteiger partial charge in [-0.1, -0.05) is 6.07 Å². The number of aryl methyl sites for hydroxylation is 2. The van der Waals surface area contributed by atoms with Crippen molar-refractivity contribution >= 4 is 17.7 Å². The lowest BCUT2D eigenvalue weighted by Crippen LogP contribution is -2.57. The topological polar surface area (TPSA) is 89.8 Å². The minimum atomic E-state index is -1.35. The van der Waals surface area contributed by atoms with Gasteiger partial charge in [-0.2, -0.15) is 0 Å². The number of hydrogen-bond donors (Lipinski definition) is 4.